The van der Waals surface area contributed by atoms with Crippen LogP contribution in [0.4, 0.5) is 0 Å². The Morgan fingerprint density at radius 2 is 1.95 bits per heavy atom. The largest absolute Gasteiger partial charge is 0.349 e. The molecule has 0 aromatic heterocycles. The molecule has 1 fully saturated rings. The molecule has 1 aliphatic carbocycles. The van der Waals surface area contributed by atoms with Gasteiger partial charge in [-0.05, 0) is 37.3 Å². The van der Waals surface area contributed by atoms with Gasteiger partial charge in [0.2, 0.25) is 5.91 Å². The molecular weight excluding hydrogens is 248 g/mol. The Kier molecular flexibility index (Phi) is 5.18. The first-order chi connectivity index (χ1) is 9.65. The maximum atomic E-state index is 12.2. The predicted octanol–water partition coefficient (Wildman–Crippen LogP) is 2.71. The Hall–Kier alpha value is -1.35. The maximum Gasteiger partial charge on any atom is 0.220 e. The molecule has 0 spiro atoms. The first-order valence-corrected chi connectivity index (χ1v) is 7.71. The van der Waals surface area contributed by atoms with E-state index in [-0.39, 0.29) is 11.4 Å². The number of nitrogens with two attached hydrogens (primary N) is 1. The molecule has 20 heavy (non-hydrogen) atoms. The minimum absolute atomic E-state index is 0.138. The fourth-order valence-corrected chi connectivity index (χ4v) is 3.11. The van der Waals surface area contributed by atoms with E-state index in [4.69, 9.17) is 5.73 Å². The second kappa shape index (κ2) is 6.89. The van der Waals surface area contributed by atoms with Gasteiger partial charge in [-0.3, -0.25) is 4.79 Å². The van der Waals surface area contributed by atoms with Crippen molar-refractivity contribution in [1.82, 2.24) is 5.32 Å². The van der Waals surface area contributed by atoms with Crippen molar-refractivity contribution < 1.29 is 4.79 Å². The second-order valence-electron chi connectivity index (χ2n) is 6.02. The number of benzene rings is 1. The number of hydrogen-bond donors (Lipinski definition) is 2. The second-order valence-corrected chi connectivity index (χ2v) is 6.02. The summed E-state index contributed by atoms with van der Waals surface area (Å²) < 4.78 is 0. The van der Waals surface area contributed by atoms with Gasteiger partial charge in [-0.2, -0.15) is 0 Å². The molecule has 3 nitrogen and oxygen atoms in total. The molecule has 3 heteroatoms. The lowest BCUT2D eigenvalue weighted by Crippen LogP contribution is -2.54. The number of carbonyl (C=O) groups excluding carboxylic acids is 1. The Morgan fingerprint density at radius 3 is 2.60 bits per heavy atom. The summed E-state index contributed by atoms with van der Waals surface area (Å²) in [4.78, 5) is 12.2. The summed E-state index contributed by atoms with van der Waals surface area (Å²) in [5.41, 5.74) is 8.28. The number of rotatable bonds is 5. The van der Waals surface area contributed by atoms with Crippen molar-refractivity contribution in [2.75, 3.05) is 6.54 Å². The Morgan fingerprint density at radius 1 is 1.25 bits per heavy atom. The normalized spacial score (nSPS) is 17.7. The third-order valence-electron chi connectivity index (χ3n) is 4.49. The van der Waals surface area contributed by atoms with Crippen LogP contribution >= 0.6 is 0 Å². The van der Waals surface area contributed by atoms with E-state index in [9.17, 15) is 4.79 Å². The molecule has 3 N–H and O–H groups in total. The zero-order valence-electron chi connectivity index (χ0n) is 12.5. The van der Waals surface area contributed by atoms with E-state index < -0.39 is 0 Å². The summed E-state index contributed by atoms with van der Waals surface area (Å²) in [5.74, 6) is 0.139. The van der Waals surface area contributed by atoms with Crippen LogP contribution in [0.2, 0.25) is 0 Å². The molecule has 1 amide bonds. The average Bonchev–Trinajstić information content (AvgIpc) is 2.47. The van der Waals surface area contributed by atoms with Crippen LogP contribution in [0.3, 0.4) is 0 Å². The monoisotopic (exact) mass is 274 g/mol. The first kappa shape index (κ1) is 15.0. The van der Waals surface area contributed by atoms with Crippen LogP contribution in [0.25, 0.3) is 0 Å². The summed E-state index contributed by atoms with van der Waals surface area (Å²) in [6, 6.07) is 8.25. The van der Waals surface area contributed by atoms with Gasteiger partial charge in [-0.1, -0.05) is 43.5 Å². The van der Waals surface area contributed by atoms with Crippen LogP contribution in [0.1, 0.15) is 49.7 Å². The smallest absolute Gasteiger partial charge is 0.220 e. The highest BCUT2D eigenvalue weighted by Crippen LogP contribution is 2.27. The number of carbonyl (C=O) groups is 1. The predicted molar refractivity (Wildman–Crippen MR) is 82.5 cm³/mol. The Bertz CT molecular complexity index is 450. The zero-order chi connectivity index (χ0) is 14.4. The van der Waals surface area contributed by atoms with Gasteiger partial charge in [-0.15, -0.1) is 0 Å². The van der Waals surface area contributed by atoms with Crippen molar-refractivity contribution in [3.8, 4) is 0 Å². The quantitative estimate of drug-likeness (QED) is 0.867. The van der Waals surface area contributed by atoms with Crippen LogP contribution in [0, 0.1) is 6.92 Å². The lowest BCUT2D eigenvalue weighted by molar-refractivity contribution is -0.123. The molecule has 1 aromatic rings. The molecule has 1 saturated carbocycles. The van der Waals surface area contributed by atoms with Crippen LogP contribution in [-0.2, 0) is 11.2 Å². The fraction of sp³-hybridized carbons (Fsp3) is 0.588. The van der Waals surface area contributed by atoms with Gasteiger partial charge in [0, 0.05) is 13.0 Å². The highest BCUT2D eigenvalue weighted by molar-refractivity contribution is 5.77. The van der Waals surface area contributed by atoms with Gasteiger partial charge in [0.1, 0.15) is 0 Å². The minimum Gasteiger partial charge on any atom is -0.349 e. The summed E-state index contributed by atoms with van der Waals surface area (Å²) >= 11 is 0. The van der Waals surface area contributed by atoms with E-state index >= 15 is 0 Å². The third kappa shape index (κ3) is 3.83. The molecule has 1 aliphatic rings. The molecule has 0 radical (unpaired) electrons. The topological polar surface area (TPSA) is 55.1 Å². The highest BCUT2D eigenvalue weighted by Gasteiger charge is 2.31. The molecule has 1 aromatic carbocycles. The Labute approximate surface area is 121 Å². The molecular formula is C17H26N2O. The van der Waals surface area contributed by atoms with Crippen molar-refractivity contribution in [1.29, 1.82) is 0 Å². The van der Waals surface area contributed by atoms with Crippen molar-refractivity contribution in [2.24, 2.45) is 5.73 Å². The highest BCUT2D eigenvalue weighted by atomic mass is 16.1. The molecule has 0 unspecified atom stereocenters. The van der Waals surface area contributed by atoms with E-state index in [1.54, 1.807) is 0 Å². The van der Waals surface area contributed by atoms with Gasteiger partial charge in [0.05, 0.1) is 5.54 Å². The molecule has 0 bridgehead atoms. The van der Waals surface area contributed by atoms with Gasteiger partial charge < -0.3 is 11.1 Å². The summed E-state index contributed by atoms with van der Waals surface area (Å²) in [5, 5.41) is 3.21. The summed E-state index contributed by atoms with van der Waals surface area (Å²) in [6.45, 7) is 2.65. The van der Waals surface area contributed by atoms with E-state index in [0.29, 0.717) is 13.0 Å². The number of nitrogens with one attached hydrogen (secondary N) is 1. The van der Waals surface area contributed by atoms with E-state index in [2.05, 4.69) is 24.4 Å². The standard InChI is InChI=1S/C17H26N2O/c1-14-7-3-4-8-15(14)9-10-16(20)19-17(13-18)11-5-2-6-12-17/h3-4,7-8H,2,5-6,9-13,18H2,1H3,(H,19,20). The SMILES string of the molecule is Cc1ccccc1CCC(=O)NC1(CN)CCCCC1. The van der Waals surface area contributed by atoms with Gasteiger partial charge in [-0.25, -0.2) is 0 Å². The van der Waals surface area contributed by atoms with E-state index in [1.807, 2.05) is 12.1 Å². The molecule has 0 saturated heterocycles. The molecule has 0 aliphatic heterocycles. The lowest BCUT2D eigenvalue weighted by atomic mass is 9.81. The lowest BCUT2D eigenvalue weighted by Gasteiger charge is -2.37. The van der Waals surface area contributed by atoms with E-state index in [0.717, 1.165) is 19.3 Å². The van der Waals surface area contributed by atoms with Gasteiger partial charge >= 0.3 is 0 Å². The van der Waals surface area contributed by atoms with Crippen molar-refractivity contribution in [2.45, 2.75) is 57.4 Å². The van der Waals surface area contributed by atoms with Crippen molar-refractivity contribution in [3.05, 3.63) is 35.4 Å². The van der Waals surface area contributed by atoms with Gasteiger partial charge in [0.25, 0.3) is 0 Å². The van der Waals surface area contributed by atoms with Crippen molar-refractivity contribution in [3.63, 3.8) is 0 Å². The number of amides is 1. The third-order valence-corrected chi connectivity index (χ3v) is 4.49. The Balaban J connectivity index is 1.87. The molecule has 0 atom stereocenters. The fourth-order valence-electron chi connectivity index (χ4n) is 3.11. The summed E-state index contributed by atoms with van der Waals surface area (Å²) in [7, 11) is 0. The number of hydrogen-bond acceptors (Lipinski definition) is 2. The van der Waals surface area contributed by atoms with E-state index in [1.165, 1.54) is 30.4 Å². The molecule has 2 rings (SSSR count). The van der Waals surface area contributed by atoms with Crippen molar-refractivity contribution >= 4 is 5.91 Å². The van der Waals surface area contributed by atoms with Crippen LogP contribution in [-0.4, -0.2) is 18.0 Å². The first-order valence-electron chi connectivity index (χ1n) is 7.71. The maximum absolute atomic E-state index is 12.2. The number of aryl methyl sites for hydroxylation is 2. The van der Waals surface area contributed by atoms with Gasteiger partial charge in [0.15, 0.2) is 0 Å². The summed E-state index contributed by atoms with van der Waals surface area (Å²) in [6.07, 6.45) is 7.02. The van der Waals surface area contributed by atoms with Crippen LogP contribution < -0.4 is 11.1 Å². The molecule has 0 heterocycles. The van der Waals surface area contributed by atoms with Crippen LogP contribution in [0.5, 0.6) is 0 Å². The van der Waals surface area contributed by atoms with Crippen LogP contribution in [0.15, 0.2) is 24.3 Å². The minimum atomic E-state index is -0.138. The average molecular weight is 274 g/mol. The molecule has 110 valence electrons. The zero-order valence-corrected chi connectivity index (χ0v) is 12.5.